The summed E-state index contributed by atoms with van der Waals surface area (Å²) >= 11 is 0. The van der Waals surface area contributed by atoms with Crippen LogP contribution in [-0.4, -0.2) is 96.7 Å². The van der Waals surface area contributed by atoms with Gasteiger partial charge in [0, 0.05) is 25.7 Å². The number of hydrogen-bond donors (Lipinski definition) is 3. The molecule has 492 valence electrons. The van der Waals surface area contributed by atoms with E-state index in [1.165, 1.54) is 128 Å². The lowest BCUT2D eigenvalue weighted by Gasteiger charge is -2.21. The quantitative estimate of drug-likeness (QED) is 0.0222. The summed E-state index contributed by atoms with van der Waals surface area (Å²) in [6, 6.07) is 0. The number of rotatable bonds is 63. The molecule has 0 amide bonds. The van der Waals surface area contributed by atoms with Gasteiger partial charge < -0.3 is 33.8 Å². The number of aliphatic hydroxyl groups excluding tert-OH is 1. The zero-order valence-corrected chi connectivity index (χ0v) is 55.3. The lowest BCUT2D eigenvalue weighted by molar-refractivity contribution is -0.161. The molecule has 4 unspecified atom stereocenters. The Morgan fingerprint density at radius 2 is 0.578 bits per heavy atom. The highest BCUT2D eigenvalue weighted by Crippen LogP contribution is 2.45. The topological polar surface area (TPSA) is 237 Å². The van der Waals surface area contributed by atoms with Gasteiger partial charge in [-0.15, -0.1) is 0 Å². The van der Waals surface area contributed by atoms with Crippen molar-refractivity contribution in [1.29, 1.82) is 0 Å². The summed E-state index contributed by atoms with van der Waals surface area (Å²) in [6.07, 6.45) is 38.8. The van der Waals surface area contributed by atoms with Gasteiger partial charge in [-0.05, 0) is 37.5 Å². The molecule has 0 heterocycles. The van der Waals surface area contributed by atoms with Crippen LogP contribution in [0.1, 0.15) is 318 Å². The Labute approximate surface area is 505 Å². The largest absolute Gasteiger partial charge is 0.472 e. The maximum Gasteiger partial charge on any atom is 0.472 e. The van der Waals surface area contributed by atoms with E-state index in [0.717, 1.165) is 108 Å². The molecule has 19 heteroatoms. The average Bonchev–Trinajstić information content (AvgIpc) is 3.46. The molecule has 3 N–H and O–H groups in total. The molecule has 7 atom stereocenters. The number of phosphoric acid groups is 2. The Hall–Kier alpha value is -1.94. The van der Waals surface area contributed by atoms with Crippen molar-refractivity contribution in [3.63, 3.8) is 0 Å². The Morgan fingerprint density at radius 1 is 0.337 bits per heavy atom. The Kier molecular flexibility index (Phi) is 55.2. The minimum Gasteiger partial charge on any atom is -0.462 e. The van der Waals surface area contributed by atoms with Gasteiger partial charge in [-0.3, -0.25) is 37.3 Å². The molecule has 0 fully saturated rings. The highest BCUT2D eigenvalue weighted by Gasteiger charge is 2.30. The molecule has 0 aliphatic heterocycles. The molecule has 0 radical (unpaired) electrons. The van der Waals surface area contributed by atoms with Gasteiger partial charge in [-0.25, -0.2) is 9.13 Å². The summed E-state index contributed by atoms with van der Waals surface area (Å²) in [4.78, 5) is 72.1. The van der Waals surface area contributed by atoms with Gasteiger partial charge >= 0.3 is 39.5 Å². The first-order valence-corrected chi connectivity index (χ1v) is 36.6. The number of phosphoric ester groups is 2. The second kappa shape index (κ2) is 56.6. The fourth-order valence-corrected chi connectivity index (χ4v) is 11.0. The van der Waals surface area contributed by atoms with E-state index in [1.54, 1.807) is 0 Å². The lowest BCUT2D eigenvalue weighted by atomic mass is 9.99. The third kappa shape index (κ3) is 56.3. The maximum atomic E-state index is 13.0. The van der Waals surface area contributed by atoms with Crippen molar-refractivity contribution < 1.29 is 80.2 Å². The number of unbranched alkanes of at least 4 members (excludes halogenated alkanes) is 31. The molecule has 0 spiro atoms. The number of aliphatic hydroxyl groups is 1. The molecular formula is C64H124O17P2. The van der Waals surface area contributed by atoms with E-state index in [1.807, 2.05) is 0 Å². The standard InChI is InChI=1S/C64H124O17P2/c1-7-11-13-15-17-21-30-36-42-48-63(68)80-59(52-74-61(66)46-40-34-28-18-16-14-12-8-2)54-78-82(70,71)76-50-58(65)51-77-83(72,73)79-55-60(53-75-62(67)47-41-35-29-25-24-27-33-39-45-57(6)10-4)81-64(69)49-43-37-31-23-20-19-22-26-32-38-44-56(5)9-3/h56-60,65H,7-55H2,1-6H3,(H,70,71)(H,72,73)/t56?,57?,58-,59+,60+/m0/s1. The molecular weight excluding hydrogens is 1100 g/mol. The van der Waals surface area contributed by atoms with E-state index >= 15 is 0 Å². The van der Waals surface area contributed by atoms with Crippen molar-refractivity contribution >= 4 is 39.5 Å². The zero-order chi connectivity index (χ0) is 61.5. The number of carbonyl (C=O) groups excluding carboxylic acids is 4. The Bertz CT molecular complexity index is 1640. The number of hydrogen-bond acceptors (Lipinski definition) is 15. The highest BCUT2D eigenvalue weighted by molar-refractivity contribution is 7.47. The van der Waals surface area contributed by atoms with Crippen LogP contribution in [0.3, 0.4) is 0 Å². The van der Waals surface area contributed by atoms with Crippen molar-refractivity contribution in [3.05, 3.63) is 0 Å². The summed E-state index contributed by atoms with van der Waals surface area (Å²) in [6.45, 7) is 9.48. The number of carbonyl (C=O) groups is 4. The van der Waals surface area contributed by atoms with Gasteiger partial charge in [0.05, 0.1) is 26.4 Å². The van der Waals surface area contributed by atoms with Gasteiger partial charge in [0.15, 0.2) is 12.2 Å². The van der Waals surface area contributed by atoms with Crippen LogP contribution >= 0.6 is 15.6 Å². The fraction of sp³-hybridized carbons (Fsp3) is 0.938. The third-order valence-corrected chi connectivity index (χ3v) is 17.3. The van der Waals surface area contributed by atoms with Crippen molar-refractivity contribution in [1.82, 2.24) is 0 Å². The maximum absolute atomic E-state index is 13.0. The average molecular weight is 1230 g/mol. The molecule has 0 aromatic rings. The van der Waals surface area contributed by atoms with E-state index in [9.17, 15) is 43.2 Å². The van der Waals surface area contributed by atoms with Crippen LogP contribution < -0.4 is 0 Å². The summed E-state index contributed by atoms with van der Waals surface area (Å²) < 4.78 is 67.9. The molecule has 0 rings (SSSR count). The molecule has 83 heavy (non-hydrogen) atoms. The van der Waals surface area contributed by atoms with E-state index in [2.05, 4.69) is 41.5 Å². The first-order chi connectivity index (χ1) is 39.9. The molecule has 0 saturated heterocycles. The van der Waals surface area contributed by atoms with Crippen LogP contribution in [-0.2, 0) is 65.4 Å². The SMILES string of the molecule is CCCCCCCCCCCC(=O)O[C@H](COC(=O)CCCCCCCCCC)COP(=O)(O)OC[C@H](O)COP(=O)(O)OC[C@@H](COC(=O)CCCCCCCCCCC(C)CC)OC(=O)CCCCCCCCCCCCC(C)CC. The summed E-state index contributed by atoms with van der Waals surface area (Å²) in [7, 11) is -9.88. The van der Waals surface area contributed by atoms with Gasteiger partial charge in [-0.1, -0.05) is 266 Å². The normalized spacial score (nSPS) is 15.0. The second-order valence-corrected chi connectivity index (χ2v) is 26.5. The predicted molar refractivity (Wildman–Crippen MR) is 331 cm³/mol. The monoisotopic (exact) mass is 1230 g/mol. The lowest BCUT2D eigenvalue weighted by Crippen LogP contribution is -2.30. The minimum atomic E-state index is -4.95. The smallest absolute Gasteiger partial charge is 0.462 e. The van der Waals surface area contributed by atoms with Gasteiger partial charge in [0.25, 0.3) is 0 Å². The highest BCUT2D eigenvalue weighted by atomic mass is 31.2. The van der Waals surface area contributed by atoms with Gasteiger partial charge in [0.2, 0.25) is 0 Å². The molecule has 17 nitrogen and oxygen atoms in total. The van der Waals surface area contributed by atoms with Crippen LogP contribution in [0, 0.1) is 11.8 Å². The van der Waals surface area contributed by atoms with E-state index < -0.39 is 97.5 Å². The molecule has 0 aliphatic rings. The van der Waals surface area contributed by atoms with E-state index in [-0.39, 0.29) is 25.7 Å². The zero-order valence-electron chi connectivity index (χ0n) is 53.5. The molecule has 0 saturated carbocycles. The van der Waals surface area contributed by atoms with Crippen molar-refractivity contribution in [2.75, 3.05) is 39.6 Å². The summed E-state index contributed by atoms with van der Waals surface area (Å²) in [5.41, 5.74) is 0. The number of esters is 4. The van der Waals surface area contributed by atoms with Crippen LogP contribution in [0.4, 0.5) is 0 Å². The predicted octanol–water partition coefficient (Wildman–Crippen LogP) is 17.7. The molecule has 0 aromatic heterocycles. The van der Waals surface area contributed by atoms with Crippen molar-refractivity contribution in [2.45, 2.75) is 336 Å². The molecule has 0 aromatic carbocycles. The summed E-state index contributed by atoms with van der Waals surface area (Å²) in [5, 5.41) is 10.5. The minimum absolute atomic E-state index is 0.105. The summed E-state index contributed by atoms with van der Waals surface area (Å²) in [5.74, 6) is -0.556. The Morgan fingerprint density at radius 3 is 0.855 bits per heavy atom. The van der Waals surface area contributed by atoms with Crippen molar-refractivity contribution in [3.8, 4) is 0 Å². The Balaban J connectivity index is 5.23. The second-order valence-electron chi connectivity index (χ2n) is 23.6. The van der Waals surface area contributed by atoms with Crippen LogP contribution in [0.2, 0.25) is 0 Å². The van der Waals surface area contributed by atoms with Crippen LogP contribution in [0.15, 0.2) is 0 Å². The fourth-order valence-electron chi connectivity index (χ4n) is 9.47. The first kappa shape index (κ1) is 81.1. The van der Waals surface area contributed by atoms with E-state index in [0.29, 0.717) is 25.7 Å². The molecule has 0 aliphatic carbocycles. The first-order valence-electron chi connectivity index (χ1n) is 33.6. The van der Waals surface area contributed by atoms with Crippen molar-refractivity contribution in [2.24, 2.45) is 11.8 Å². The van der Waals surface area contributed by atoms with E-state index in [4.69, 9.17) is 37.0 Å². The van der Waals surface area contributed by atoms with Crippen LogP contribution in [0.25, 0.3) is 0 Å². The van der Waals surface area contributed by atoms with Crippen LogP contribution in [0.5, 0.6) is 0 Å². The number of ether oxygens (including phenoxy) is 4. The third-order valence-electron chi connectivity index (χ3n) is 15.4. The van der Waals surface area contributed by atoms with Gasteiger partial charge in [-0.2, -0.15) is 0 Å². The molecule has 0 bridgehead atoms. The van der Waals surface area contributed by atoms with Gasteiger partial charge in [0.1, 0.15) is 19.3 Å².